The molecule has 5 nitrogen and oxygen atoms in total. The summed E-state index contributed by atoms with van der Waals surface area (Å²) >= 11 is 1.68. The van der Waals surface area contributed by atoms with Crippen LogP contribution >= 0.6 is 11.8 Å². The number of thioether (sulfide) groups is 1. The van der Waals surface area contributed by atoms with E-state index in [0.717, 1.165) is 11.3 Å². The maximum absolute atomic E-state index is 12.7. The van der Waals surface area contributed by atoms with Crippen LogP contribution in [0.25, 0.3) is 0 Å². The Kier molecular flexibility index (Phi) is 5.03. The number of rotatable bonds is 5. The first-order chi connectivity index (χ1) is 10.1. The van der Waals surface area contributed by atoms with Crippen LogP contribution in [0.3, 0.4) is 0 Å². The molecule has 1 atom stereocenters. The molecule has 0 saturated heterocycles. The number of hydrogen-bond acceptors (Lipinski definition) is 4. The Bertz CT molecular complexity index is 608. The molecule has 0 bridgehead atoms. The molecule has 0 aliphatic heterocycles. The van der Waals surface area contributed by atoms with Gasteiger partial charge in [0, 0.05) is 36.4 Å². The van der Waals surface area contributed by atoms with E-state index in [1.165, 1.54) is 4.90 Å². The van der Waals surface area contributed by atoms with Gasteiger partial charge in [-0.15, -0.1) is 11.8 Å². The molecule has 112 valence electrons. The standard InChI is InChI=1S/C15H20N4OS/c1-16-14(11-9-17-18(2)10-11)15(20)19(3)12-5-7-13(21-4)8-6-12/h5-10,14,16H,1-4H3. The molecule has 0 saturated carbocycles. The average Bonchev–Trinajstić information content (AvgIpc) is 2.93. The van der Waals surface area contributed by atoms with Gasteiger partial charge in [-0.05, 0) is 37.6 Å². The van der Waals surface area contributed by atoms with Gasteiger partial charge >= 0.3 is 0 Å². The SMILES string of the molecule is CNC(C(=O)N(C)c1ccc(SC)cc1)c1cnn(C)c1. The monoisotopic (exact) mass is 304 g/mol. The van der Waals surface area contributed by atoms with Gasteiger partial charge in [-0.2, -0.15) is 5.10 Å². The summed E-state index contributed by atoms with van der Waals surface area (Å²) in [7, 11) is 5.41. The molecule has 6 heteroatoms. The molecule has 0 aliphatic carbocycles. The third kappa shape index (κ3) is 3.46. The van der Waals surface area contributed by atoms with E-state index < -0.39 is 6.04 Å². The highest BCUT2D eigenvalue weighted by atomic mass is 32.2. The molecule has 1 aromatic carbocycles. The van der Waals surface area contributed by atoms with Crippen molar-refractivity contribution in [2.75, 3.05) is 25.3 Å². The highest BCUT2D eigenvalue weighted by molar-refractivity contribution is 7.98. The van der Waals surface area contributed by atoms with E-state index in [1.807, 2.05) is 43.8 Å². The topological polar surface area (TPSA) is 50.2 Å². The van der Waals surface area contributed by atoms with Crippen LogP contribution in [0.15, 0.2) is 41.6 Å². The number of hydrogen-bond donors (Lipinski definition) is 1. The molecule has 1 heterocycles. The number of aryl methyl sites for hydroxylation is 1. The highest BCUT2D eigenvalue weighted by Gasteiger charge is 2.24. The first-order valence-corrected chi connectivity index (χ1v) is 7.86. The first-order valence-electron chi connectivity index (χ1n) is 6.64. The lowest BCUT2D eigenvalue weighted by molar-refractivity contribution is -0.120. The Hall–Kier alpha value is -1.79. The lowest BCUT2D eigenvalue weighted by Gasteiger charge is -2.23. The fourth-order valence-corrected chi connectivity index (χ4v) is 2.56. The summed E-state index contributed by atoms with van der Waals surface area (Å²) in [5.41, 5.74) is 1.74. The van der Waals surface area contributed by atoms with Gasteiger partial charge < -0.3 is 10.2 Å². The van der Waals surface area contributed by atoms with Crippen LogP contribution < -0.4 is 10.2 Å². The predicted octanol–water partition coefficient (Wildman–Crippen LogP) is 2.07. The Morgan fingerprint density at radius 2 is 2.05 bits per heavy atom. The summed E-state index contributed by atoms with van der Waals surface area (Å²) in [6.07, 6.45) is 5.59. The molecular weight excluding hydrogens is 284 g/mol. The Labute approximate surface area is 129 Å². The number of likely N-dealkylation sites (N-methyl/N-ethyl adjacent to an activating group) is 2. The number of anilines is 1. The van der Waals surface area contributed by atoms with Crippen molar-refractivity contribution in [3.8, 4) is 0 Å². The lowest BCUT2D eigenvalue weighted by Crippen LogP contribution is -2.37. The van der Waals surface area contributed by atoms with Crippen molar-refractivity contribution in [2.45, 2.75) is 10.9 Å². The molecule has 1 N–H and O–H groups in total. The fourth-order valence-electron chi connectivity index (χ4n) is 2.15. The number of benzene rings is 1. The van der Waals surface area contributed by atoms with E-state index in [0.29, 0.717) is 0 Å². The van der Waals surface area contributed by atoms with Crippen LogP contribution in [0, 0.1) is 0 Å². The van der Waals surface area contributed by atoms with Crippen LogP contribution in [0.1, 0.15) is 11.6 Å². The van der Waals surface area contributed by atoms with E-state index in [4.69, 9.17) is 0 Å². The van der Waals surface area contributed by atoms with Gasteiger partial charge in [0.15, 0.2) is 0 Å². The van der Waals surface area contributed by atoms with Crippen molar-refractivity contribution in [3.05, 3.63) is 42.2 Å². The normalized spacial score (nSPS) is 12.2. The molecule has 1 unspecified atom stereocenters. The number of amides is 1. The largest absolute Gasteiger partial charge is 0.314 e. The number of carbonyl (C=O) groups excluding carboxylic acids is 1. The Balaban J connectivity index is 2.19. The van der Waals surface area contributed by atoms with Gasteiger partial charge in [-0.3, -0.25) is 9.48 Å². The van der Waals surface area contributed by atoms with Crippen LogP contribution in [0.5, 0.6) is 0 Å². The predicted molar refractivity (Wildman–Crippen MR) is 86.6 cm³/mol. The van der Waals surface area contributed by atoms with Gasteiger partial charge in [0.2, 0.25) is 5.91 Å². The van der Waals surface area contributed by atoms with Gasteiger partial charge in [-0.25, -0.2) is 0 Å². The summed E-state index contributed by atoms with van der Waals surface area (Å²) in [6.45, 7) is 0. The lowest BCUT2D eigenvalue weighted by atomic mass is 10.1. The summed E-state index contributed by atoms with van der Waals surface area (Å²) in [5, 5.41) is 7.18. The second-order valence-electron chi connectivity index (χ2n) is 4.76. The first kappa shape index (κ1) is 15.6. The number of nitrogens with zero attached hydrogens (tertiary/aromatic N) is 3. The van der Waals surface area contributed by atoms with Gasteiger partial charge in [0.05, 0.1) is 6.20 Å². The van der Waals surface area contributed by atoms with Crippen LogP contribution in [-0.4, -0.2) is 36.0 Å². The van der Waals surface area contributed by atoms with Crippen molar-refractivity contribution in [1.29, 1.82) is 0 Å². The quantitative estimate of drug-likeness (QED) is 0.859. The van der Waals surface area contributed by atoms with Crippen molar-refractivity contribution in [1.82, 2.24) is 15.1 Å². The molecule has 2 rings (SSSR count). The number of nitrogens with one attached hydrogen (secondary N) is 1. The maximum Gasteiger partial charge on any atom is 0.248 e. The second-order valence-corrected chi connectivity index (χ2v) is 5.64. The third-order valence-electron chi connectivity index (χ3n) is 3.38. The molecule has 1 amide bonds. The zero-order valence-corrected chi connectivity index (χ0v) is 13.5. The van der Waals surface area contributed by atoms with E-state index in [1.54, 1.807) is 41.6 Å². The van der Waals surface area contributed by atoms with Crippen molar-refractivity contribution >= 4 is 23.4 Å². The summed E-state index contributed by atoms with van der Waals surface area (Å²) in [5.74, 6) is -0.0117. The Morgan fingerprint density at radius 3 is 2.52 bits per heavy atom. The summed E-state index contributed by atoms with van der Waals surface area (Å²) in [4.78, 5) is 15.5. The summed E-state index contributed by atoms with van der Waals surface area (Å²) in [6, 6.07) is 7.55. The fraction of sp³-hybridized carbons (Fsp3) is 0.333. The average molecular weight is 304 g/mol. The zero-order valence-electron chi connectivity index (χ0n) is 12.7. The second kappa shape index (κ2) is 6.78. The van der Waals surface area contributed by atoms with Crippen molar-refractivity contribution < 1.29 is 4.79 Å². The Morgan fingerprint density at radius 1 is 1.38 bits per heavy atom. The molecule has 0 fully saturated rings. The van der Waals surface area contributed by atoms with Crippen molar-refractivity contribution in [2.24, 2.45) is 7.05 Å². The van der Waals surface area contributed by atoms with E-state index in [-0.39, 0.29) is 5.91 Å². The highest BCUT2D eigenvalue weighted by Crippen LogP contribution is 2.22. The smallest absolute Gasteiger partial charge is 0.248 e. The molecular formula is C15H20N4OS. The van der Waals surface area contributed by atoms with E-state index in [2.05, 4.69) is 10.4 Å². The molecule has 1 aromatic heterocycles. The molecule has 2 aromatic rings. The third-order valence-corrected chi connectivity index (χ3v) is 4.13. The number of aromatic nitrogens is 2. The minimum absolute atomic E-state index is 0.0117. The minimum Gasteiger partial charge on any atom is -0.314 e. The molecule has 0 aliphatic rings. The van der Waals surface area contributed by atoms with Crippen LogP contribution in [-0.2, 0) is 11.8 Å². The van der Waals surface area contributed by atoms with Gasteiger partial charge in [0.25, 0.3) is 0 Å². The maximum atomic E-state index is 12.7. The number of carbonyl (C=O) groups is 1. The molecule has 0 radical (unpaired) electrons. The van der Waals surface area contributed by atoms with Crippen LogP contribution in [0.4, 0.5) is 5.69 Å². The molecule has 0 spiro atoms. The zero-order chi connectivity index (χ0) is 15.4. The summed E-state index contributed by atoms with van der Waals surface area (Å²) < 4.78 is 1.69. The van der Waals surface area contributed by atoms with Gasteiger partial charge in [-0.1, -0.05) is 0 Å². The molecule has 21 heavy (non-hydrogen) atoms. The minimum atomic E-state index is -0.399. The van der Waals surface area contributed by atoms with Gasteiger partial charge in [0.1, 0.15) is 6.04 Å². The van der Waals surface area contributed by atoms with E-state index >= 15 is 0 Å². The van der Waals surface area contributed by atoms with Crippen molar-refractivity contribution in [3.63, 3.8) is 0 Å². The van der Waals surface area contributed by atoms with Crippen LogP contribution in [0.2, 0.25) is 0 Å². The van der Waals surface area contributed by atoms with E-state index in [9.17, 15) is 4.79 Å².